The number of aryl methyl sites for hydroxylation is 2. The van der Waals surface area contributed by atoms with E-state index in [1.807, 2.05) is 38.2 Å². The first-order valence-electron chi connectivity index (χ1n) is 5.25. The summed E-state index contributed by atoms with van der Waals surface area (Å²) in [5, 5.41) is 10.2. The number of hydrogen-bond donors (Lipinski definition) is 3. The second-order valence-electron chi connectivity index (χ2n) is 3.96. The Morgan fingerprint density at radius 2 is 2.19 bits per heavy atom. The van der Waals surface area contributed by atoms with Crippen molar-refractivity contribution in [2.45, 2.75) is 20.4 Å². The third kappa shape index (κ3) is 2.16. The van der Waals surface area contributed by atoms with E-state index in [4.69, 9.17) is 5.73 Å². The van der Waals surface area contributed by atoms with Gasteiger partial charge in [0, 0.05) is 17.8 Å². The molecule has 2 rings (SSSR count). The van der Waals surface area contributed by atoms with Crippen molar-refractivity contribution in [1.29, 1.82) is 0 Å². The molecule has 0 saturated heterocycles. The van der Waals surface area contributed by atoms with Crippen LogP contribution in [-0.2, 0) is 6.54 Å². The fraction of sp³-hybridized carbons (Fsp3) is 0.250. The minimum atomic E-state index is 0.732. The predicted molar refractivity (Wildman–Crippen MR) is 66.2 cm³/mol. The maximum absolute atomic E-state index is 5.88. The highest BCUT2D eigenvalue weighted by Gasteiger charge is 2.02. The number of nitrogens with zero attached hydrogens (tertiary/aromatic N) is 1. The van der Waals surface area contributed by atoms with Crippen molar-refractivity contribution in [3.63, 3.8) is 0 Å². The molecule has 84 valence electrons. The van der Waals surface area contributed by atoms with Gasteiger partial charge in [-0.2, -0.15) is 5.10 Å². The second-order valence-corrected chi connectivity index (χ2v) is 3.96. The highest BCUT2D eigenvalue weighted by molar-refractivity contribution is 5.67. The zero-order valence-electron chi connectivity index (χ0n) is 9.54. The first kappa shape index (κ1) is 10.5. The molecule has 0 bridgehead atoms. The smallest absolute Gasteiger partial charge is 0.0579 e. The van der Waals surface area contributed by atoms with Crippen LogP contribution in [-0.4, -0.2) is 10.2 Å². The van der Waals surface area contributed by atoms with Crippen LogP contribution in [0.1, 0.15) is 16.8 Å². The third-order valence-corrected chi connectivity index (χ3v) is 2.61. The van der Waals surface area contributed by atoms with Crippen LogP contribution in [0.25, 0.3) is 0 Å². The molecular weight excluding hydrogens is 200 g/mol. The summed E-state index contributed by atoms with van der Waals surface area (Å²) in [5.41, 5.74) is 11.1. The lowest BCUT2D eigenvalue weighted by Gasteiger charge is -2.09. The van der Waals surface area contributed by atoms with Crippen LogP contribution in [0, 0.1) is 13.8 Å². The normalized spacial score (nSPS) is 10.4. The largest absolute Gasteiger partial charge is 0.397 e. The van der Waals surface area contributed by atoms with E-state index in [0.717, 1.165) is 29.2 Å². The molecule has 0 saturated carbocycles. The van der Waals surface area contributed by atoms with Gasteiger partial charge < -0.3 is 11.1 Å². The van der Waals surface area contributed by atoms with Crippen molar-refractivity contribution < 1.29 is 0 Å². The Hall–Kier alpha value is -1.97. The van der Waals surface area contributed by atoms with Gasteiger partial charge in [0.25, 0.3) is 0 Å². The number of nitrogens with two attached hydrogens (primary N) is 1. The van der Waals surface area contributed by atoms with Gasteiger partial charge in [0.2, 0.25) is 0 Å². The molecule has 0 spiro atoms. The van der Waals surface area contributed by atoms with E-state index in [9.17, 15) is 0 Å². The summed E-state index contributed by atoms with van der Waals surface area (Å²) in [6, 6.07) is 5.97. The summed E-state index contributed by atoms with van der Waals surface area (Å²) >= 11 is 0. The molecule has 1 aromatic heterocycles. The summed E-state index contributed by atoms with van der Waals surface area (Å²) in [7, 11) is 0. The van der Waals surface area contributed by atoms with Crippen LogP contribution in [0.5, 0.6) is 0 Å². The van der Waals surface area contributed by atoms with Crippen molar-refractivity contribution in [2.24, 2.45) is 0 Å². The van der Waals surface area contributed by atoms with Gasteiger partial charge in [-0.15, -0.1) is 0 Å². The molecule has 4 heteroatoms. The minimum absolute atomic E-state index is 0.732. The quantitative estimate of drug-likeness (QED) is 0.689. The first-order valence-corrected chi connectivity index (χ1v) is 5.25. The van der Waals surface area contributed by atoms with E-state index in [0.29, 0.717) is 0 Å². The molecule has 1 heterocycles. The predicted octanol–water partition coefficient (Wildman–Crippen LogP) is 2.22. The van der Waals surface area contributed by atoms with Crippen LogP contribution < -0.4 is 11.1 Å². The standard InChI is InChI=1S/C12H16N4/c1-8-3-4-11(13)12(5-8)14-6-10-7-15-16-9(10)2/h3-5,7,14H,6,13H2,1-2H3,(H,15,16). The van der Waals surface area contributed by atoms with Crippen LogP contribution in [0.4, 0.5) is 11.4 Å². The fourth-order valence-corrected chi connectivity index (χ4v) is 1.57. The molecule has 16 heavy (non-hydrogen) atoms. The van der Waals surface area contributed by atoms with E-state index in [1.54, 1.807) is 0 Å². The van der Waals surface area contributed by atoms with Crippen LogP contribution >= 0.6 is 0 Å². The molecule has 0 amide bonds. The molecule has 0 aliphatic rings. The Bertz CT molecular complexity index is 488. The first-order chi connectivity index (χ1) is 7.66. The summed E-state index contributed by atoms with van der Waals surface area (Å²) in [5.74, 6) is 0. The molecule has 0 unspecified atom stereocenters. The number of hydrogen-bond acceptors (Lipinski definition) is 3. The molecule has 0 radical (unpaired) electrons. The Labute approximate surface area is 94.9 Å². The summed E-state index contributed by atoms with van der Waals surface area (Å²) in [6.45, 7) is 4.79. The molecule has 4 N–H and O–H groups in total. The van der Waals surface area contributed by atoms with Crippen molar-refractivity contribution in [3.05, 3.63) is 41.2 Å². The molecular formula is C12H16N4. The number of aromatic nitrogens is 2. The van der Waals surface area contributed by atoms with Crippen molar-refractivity contribution >= 4 is 11.4 Å². The van der Waals surface area contributed by atoms with Gasteiger partial charge in [-0.25, -0.2) is 0 Å². The number of rotatable bonds is 3. The van der Waals surface area contributed by atoms with E-state index in [-0.39, 0.29) is 0 Å². The number of aromatic amines is 1. The molecule has 1 aromatic carbocycles. The SMILES string of the molecule is Cc1ccc(N)c(NCc2cn[nH]c2C)c1. The summed E-state index contributed by atoms with van der Waals surface area (Å²) in [4.78, 5) is 0. The number of anilines is 2. The van der Waals surface area contributed by atoms with Gasteiger partial charge in [-0.3, -0.25) is 5.10 Å². The fourth-order valence-electron chi connectivity index (χ4n) is 1.57. The van der Waals surface area contributed by atoms with Crippen molar-refractivity contribution in [2.75, 3.05) is 11.1 Å². The average Bonchev–Trinajstić information content (AvgIpc) is 2.66. The Kier molecular flexibility index (Phi) is 2.81. The van der Waals surface area contributed by atoms with Crippen LogP contribution in [0.15, 0.2) is 24.4 Å². The second kappa shape index (κ2) is 4.26. The van der Waals surface area contributed by atoms with Gasteiger partial charge in [-0.05, 0) is 31.5 Å². The zero-order valence-corrected chi connectivity index (χ0v) is 9.54. The maximum Gasteiger partial charge on any atom is 0.0579 e. The third-order valence-electron chi connectivity index (χ3n) is 2.61. The number of nitrogen functional groups attached to an aromatic ring is 1. The molecule has 0 aliphatic heterocycles. The summed E-state index contributed by atoms with van der Waals surface area (Å²) < 4.78 is 0. The van der Waals surface area contributed by atoms with E-state index in [2.05, 4.69) is 15.5 Å². The molecule has 0 aliphatic carbocycles. The lowest BCUT2D eigenvalue weighted by atomic mass is 10.2. The maximum atomic E-state index is 5.88. The van der Waals surface area contributed by atoms with Gasteiger partial charge >= 0.3 is 0 Å². The number of nitrogens with one attached hydrogen (secondary N) is 2. The van der Waals surface area contributed by atoms with E-state index >= 15 is 0 Å². The van der Waals surface area contributed by atoms with E-state index in [1.165, 1.54) is 5.56 Å². The number of H-pyrrole nitrogens is 1. The lowest BCUT2D eigenvalue weighted by Crippen LogP contribution is -2.03. The molecule has 2 aromatic rings. The molecule has 0 atom stereocenters. The average molecular weight is 216 g/mol. The van der Waals surface area contributed by atoms with Gasteiger partial charge in [-0.1, -0.05) is 6.07 Å². The van der Waals surface area contributed by atoms with Crippen LogP contribution in [0.2, 0.25) is 0 Å². The van der Waals surface area contributed by atoms with Crippen molar-refractivity contribution in [3.8, 4) is 0 Å². The number of benzene rings is 1. The molecule has 0 fully saturated rings. The monoisotopic (exact) mass is 216 g/mol. The van der Waals surface area contributed by atoms with Crippen molar-refractivity contribution in [1.82, 2.24) is 10.2 Å². The Morgan fingerprint density at radius 3 is 2.88 bits per heavy atom. The van der Waals surface area contributed by atoms with Crippen LogP contribution in [0.3, 0.4) is 0 Å². The highest BCUT2D eigenvalue weighted by atomic mass is 15.1. The highest BCUT2D eigenvalue weighted by Crippen LogP contribution is 2.20. The Balaban J connectivity index is 2.10. The van der Waals surface area contributed by atoms with Gasteiger partial charge in [0.1, 0.15) is 0 Å². The lowest BCUT2D eigenvalue weighted by molar-refractivity contribution is 1.04. The molecule has 4 nitrogen and oxygen atoms in total. The topological polar surface area (TPSA) is 66.7 Å². The zero-order chi connectivity index (χ0) is 11.5. The minimum Gasteiger partial charge on any atom is -0.397 e. The van der Waals surface area contributed by atoms with Gasteiger partial charge in [0.05, 0.1) is 17.6 Å². The summed E-state index contributed by atoms with van der Waals surface area (Å²) in [6.07, 6.45) is 1.83. The van der Waals surface area contributed by atoms with Gasteiger partial charge in [0.15, 0.2) is 0 Å². The Morgan fingerprint density at radius 1 is 1.38 bits per heavy atom. The van der Waals surface area contributed by atoms with E-state index < -0.39 is 0 Å².